The van der Waals surface area contributed by atoms with Gasteiger partial charge >= 0.3 is 0 Å². The molecule has 2 aliphatic heterocycles. The van der Waals surface area contributed by atoms with Crippen LogP contribution < -0.4 is 5.32 Å². The summed E-state index contributed by atoms with van der Waals surface area (Å²) < 4.78 is 22.9. The summed E-state index contributed by atoms with van der Waals surface area (Å²) >= 11 is 0. The number of nitrogens with one attached hydrogen (secondary N) is 1. The summed E-state index contributed by atoms with van der Waals surface area (Å²) in [5.74, 6) is -0.236. The normalized spacial score (nSPS) is 22.7. The summed E-state index contributed by atoms with van der Waals surface area (Å²) in [5.41, 5.74) is 0. The van der Waals surface area contributed by atoms with Gasteiger partial charge in [-0.1, -0.05) is 342 Å². The number of carbonyl (C=O) groups is 1. The number of rotatable bonds is 66. The molecule has 0 aromatic rings. The maximum Gasteiger partial charge on any atom is 0.220 e. The molecule has 2 fully saturated rings. The van der Waals surface area contributed by atoms with E-state index in [2.05, 4.69) is 104 Å². The average Bonchev–Trinajstić information content (AvgIpc) is 0.794. The predicted octanol–water partition coefficient (Wildman–Crippen LogP) is 18.1. The summed E-state index contributed by atoms with van der Waals surface area (Å²) in [7, 11) is 0. The molecule has 2 heterocycles. The van der Waals surface area contributed by atoms with Gasteiger partial charge in [0.25, 0.3) is 0 Å². The summed E-state index contributed by atoms with van der Waals surface area (Å²) in [6.07, 6.45) is 77.7. The van der Waals surface area contributed by atoms with Crippen LogP contribution >= 0.6 is 0 Å². The third kappa shape index (κ3) is 49.2. The molecule has 14 nitrogen and oxygen atoms in total. The SMILES string of the molecule is CC/C=C\C/C=C\C/C=C\C/C=C\C/C=C\C/C=C\C/C=C\CCCCCCCCCCCCCCCCCCCCCC(=O)NC(COC1OC(CO)C(OC2OC(CO)C(O)C(O)C2O)C(O)C1O)C(O)/C=C/CCCCCCCCCCCCCCCCCCCCCC. The lowest BCUT2D eigenvalue weighted by atomic mass is 9.97. The van der Waals surface area contributed by atoms with Crippen molar-refractivity contribution in [3.05, 3.63) is 97.2 Å². The predicted molar refractivity (Wildman–Crippen MR) is 401 cm³/mol. The van der Waals surface area contributed by atoms with E-state index in [0.29, 0.717) is 6.42 Å². The Labute approximate surface area is 592 Å². The minimum absolute atomic E-state index is 0.236. The van der Waals surface area contributed by atoms with Crippen LogP contribution in [0.5, 0.6) is 0 Å². The molecule has 12 atom stereocenters. The molecule has 2 aliphatic rings. The zero-order chi connectivity index (χ0) is 70.1. The van der Waals surface area contributed by atoms with Gasteiger partial charge in [0.2, 0.25) is 5.91 Å². The van der Waals surface area contributed by atoms with E-state index in [4.69, 9.17) is 18.9 Å². The molecule has 0 saturated carbocycles. The number of unbranched alkanes of at least 4 members (excludes halogenated alkanes) is 39. The average molecular weight is 1370 g/mol. The lowest BCUT2D eigenvalue weighted by molar-refractivity contribution is -0.359. The Balaban J connectivity index is 1.58. The third-order valence-corrected chi connectivity index (χ3v) is 19.0. The Hall–Kier alpha value is -3.09. The van der Waals surface area contributed by atoms with Crippen LogP contribution in [0.1, 0.15) is 328 Å². The fraction of sp³-hybridized carbons (Fsp3) is 0.795. The van der Waals surface area contributed by atoms with Gasteiger partial charge in [-0.25, -0.2) is 0 Å². The first-order chi connectivity index (χ1) is 47.6. The van der Waals surface area contributed by atoms with Crippen LogP contribution in [-0.2, 0) is 23.7 Å². The molecule has 14 heteroatoms. The standard InChI is InChI=1S/C83H147NO13/c1-3-5-7-9-11-13-15-17-19-21-23-25-27-28-29-30-31-32-33-34-35-36-37-38-39-40-41-42-43-44-45-47-49-51-53-55-57-59-61-63-65-67-75(88)84-71(70-94-82-80(93)78(91)81(74(69-86)96-82)97-83-79(92)77(90)76(89)73(68-85)95-83)72(87)66-64-62-60-58-56-54-52-50-48-46-26-24-22-20-18-16-14-12-10-8-6-4-2/h5,7,11,13,17,19,23,25,28-29,31-32,34-35,64,66,71-74,76-83,85-87,89-93H,3-4,6,8-10,12,14-16,18,20-22,24,26-27,30,33,36-63,65,67-70H2,1-2H3,(H,84,88)/b7-5-,13-11-,19-17-,25-23-,29-28-,32-31-,35-34-,66-64+. The monoisotopic (exact) mass is 1370 g/mol. The molecular weight excluding hydrogens is 1220 g/mol. The second-order valence-corrected chi connectivity index (χ2v) is 27.8. The minimum atomic E-state index is -1.79. The molecule has 0 bridgehead atoms. The number of ether oxygens (including phenoxy) is 4. The molecule has 0 aliphatic carbocycles. The van der Waals surface area contributed by atoms with Crippen molar-refractivity contribution in [1.82, 2.24) is 5.32 Å². The Morgan fingerprint density at radius 2 is 0.711 bits per heavy atom. The van der Waals surface area contributed by atoms with Crippen LogP contribution in [0, 0.1) is 0 Å². The van der Waals surface area contributed by atoms with Gasteiger partial charge in [0, 0.05) is 6.42 Å². The largest absolute Gasteiger partial charge is 0.394 e. The zero-order valence-corrected chi connectivity index (χ0v) is 61.6. The maximum absolute atomic E-state index is 13.4. The summed E-state index contributed by atoms with van der Waals surface area (Å²) in [6.45, 7) is 2.72. The molecule has 0 aromatic carbocycles. The number of amides is 1. The van der Waals surface area contributed by atoms with Gasteiger partial charge in [-0.3, -0.25) is 4.79 Å². The van der Waals surface area contributed by atoms with Gasteiger partial charge in [0.05, 0.1) is 32.0 Å². The topological polar surface area (TPSA) is 228 Å². The van der Waals surface area contributed by atoms with Gasteiger partial charge in [-0.15, -0.1) is 0 Å². The lowest BCUT2D eigenvalue weighted by Crippen LogP contribution is -2.65. The van der Waals surface area contributed by atoms with Crippen LogP contribution in [0.3, 0.4) is 0 Å². The maximum atomic E-state index is 13.4. The van der Waals surface area contributed by atoms with Crippen LogP contribution in [0.15, 0.2) is 97.2 Å². The van der Waals surface area contributed by atoms with E-state index in [0.717, 1.165) is 83.5 Å². The Bertz CT molecular complexity index is 2000. The van der Waals surface area contributed by atoms with E-state index in [-0.39, 0.29) is 18.9 Å². The molecule has 1 amide bonds. The van der Waals surface area contributed by atoms with Crippen molar-refractivity contribution in [1.29, 1.82) is 0 Å². The van der Waals surface area contributed by atoms with Crippen molar-refractivity contribution in [3.8, 4) is 0 Å². The molecule has 2 saturated heterocycles. The van der Waals surface area contributed by atoms with Gasteiger partial charge in [-0.2, -0.15) is 0 Å². The fourth-order valence-corrected chi connectivity index (χ4v) is 12.7. The first-order valence-corrected chi connectivity index (χ1v) is 40.0. The quantitative estimate of drug-likeness (QED) is 0.0204. The van der Waals surface area contributed by atoms with Gasteiger partial charge < -0.3 is 65.1 Å². The van der Waals surface area contributed by atoms with E-state index in [1.165, 1.54) is 218 Å². The van der Waals surface area contributed by atoms with Gasteiger partial charge in [0.15, 0.2) is 12.6 Å². The van der Waals surface area contributed by atoms with Crippen molar-refractivity contribution in [2.24, 2.45) is 0 Å². The molecule has 0 spiro atoms. The zero-order valence-electron chi connectivity index (χ0n) is 61.6. The smallest absolute Gasteiger partial charge is 0.220 e. The van der Waals surface area contributed by atoms with Crippen molar-refractivity contribution < 1.29 is 64.6 Å². The number of aliphatic hydroxyl groups is 8. The second kappa shape index (κ2) is 66.2. The molecule has 97 heavy (non-hydrogen) atoms. The van der Waals surface area contributed by atoms with Crippen LogP contribution in [0.25, 0.3) is 0 Å². The number of hydrogen-bond donors (Lipinski definition) is 9. The lowest BCUT2D eigenvalue weighted by Gasteiger charge is -2.46. The summed E-state index contributed by atoms with van der Waals surface area (Å²) in [4.78, 5) is 13.4. The highest BCUT2D eigenvalue weighted by Crippen LogP contribution is 2.30. The first kappa shape index (κ1) is 90.0. The first-order valence-electron chi connectivity index (χ1n) is 40.0. The second-order valence-electron chi connectivity index (χ2n) is 27.8. The molecule has 9 N–H and O–H groups in total. The van der Waals surface area contributed by atoms with E-state index < -0.39 is 86.8 Å². The van der Waals surface area contributed by atoms with E-state index in [1.54, 1.807) is 6.08 Å². The van der Waals surface area contributed by atoms with E-state index in [1.807, 2.05) is 6.08 Å². The van der Waals surface area contributed by atoms with Crippen LogP contribution in [0.2, 0.25) is 0 Å². The molecule has 0 radical (unpaired) electrons. The molecule has 562 valence electrons. The van der Waals surface area contributed by atoms with Gasteiger partial charge in [0.1, 0.15) is 48.8 Å². The number of allylic oxidation sites excluding steroid dienone is 15. The number of hydrogen-bond acceptors (Lipinski definition) is 13. The number of aliphatic hydroxyl groups excluding tert-OH is 8. The van der Waals surface area contributed by atoms with Crippen molar-refractivity contribution in [2.75, 3.05) is 19.8 Å². The van der Waals surface area contributed by atoms with E-state index in [9.17, 15) is 45.6 Å². The van der Waals surface area contributed by atoms with Crippen LogP contribution in [-0.4, -0.2) is 140 Å². The summed E-state index contributed by atoms with van der Waals surface area (Å²) in [5, 5.41) is 87.6. The van der Waals surface area contributed by atoms with Crippen molar-refractivity contribution >= 4 is 5.91 Å². The highest BCUT2D eigenvalue weighted by Gasteiger charge is 2.51. The third-order valence-electron chi connectivity index (χ3n) is 19.0. The summed E-state index contributed by atoms with van der Waals surface area (Å²) in [6, 6.07) is -0.919. The number of carbonyl (C=O) groups excluding carboxylic acids is 1. The molecule has 0 aromatic heterocycles. The highest BCUT2D eigenvalue weighted by atomic mass is 16.7. The van der Waals surface area contributed by atoms with E-state index >= 15 is 0 Å². The fourth-order valence-electron chi connectivity index (χ4n) is 12.7. The Kier molecular flexibility index (Phi) is 61.4. The Morgan fingerprint density at radius 1 is 0.381 bits per heavy atom. The molecular formula is C83H147NO13. The molecule has 2 rings (SSSR count). The van der Waals surface area contributed by atoms with Gasteiger partial charge in [-0.05, 0) is 77.0 Å². The van der Waals surface area contributed by atoms with Crippen LogP contribution in [0.4, 0.5) is 0 Å². The highest BCUT2D eigenvalue weighted by molar-refractivity contribution is 5.76. The molecule has 12 unspecified atom stereocenters. The minimum Gasteiger partial charge on any atom is -0.394 e. The van der Waals surface area contributed by atoms with Crippen molar-refractivity contribution in [2.45, 2.75) is 402 Å². The Morgan fingerprint density at radius 3 is 1.09 bits per heavy atom. The van der Waals surface area contributed by atoms with Crippen molar-refractivity contribution in [3.63, 3.8) is 0 Å².